The maximum Gasteiger partial charge on any atom is 0.0468 e. The molecular formula is C84H62N2. The first-order valence-electron chi connectivity index (χ1n) is 30.5. The van der Waals surface area contributed by atoms with E-state index in [1.807, 2.05) is 0 Å². The summed E-state index contributed by atoms with van der Waals surface area (Å²) in [5.74, 6) is 0.288. The van der Waals surface area contributed by atoms with Gasteiger partial charge in [-0.1, -0.05) is 228 Å². The normalized spacial score (nSPS) is 15.6. The number of allylic oxidation sites excluding steroid dienone is 5. The second-order valence-electron chi connectivity index (χ2n) is 25.1. The van der Waals surface area contributed by atoms with E-state index in [0.29, 0.717) is 0 Å². The molecule has 408 valence electrons. The number of nitrogens with zero attached hydrogens (tertiary/aromatic N) is 2. The van der Waals surface area contributed by atoms with Crippen LogP contribution in [-0.4, -0.2) is 0 Å². The van der Waals surface area contributed by atoms with Crippen LogP contribution in [0.1, 0.15) is 79.0 Å². The zero-order chi connectivity index (χ0) is 57.4. The average molecular weight is 1100 g/mol. The predicted octanol–water partition coefficient (Wildman–Crippen LogP) is 22.9. The minimum atomic E-state index is -0.170. The molecular weight excluding hydrogens is 1040 g/mol. The first-order valence-corrected chi connectivity index (χ1v) is 30.5. The van der Waals surface area contributed by atoms with Crippen molar-refractivity contribution in [3.05, 3.63) is 330 Å². The highest BCUT2D eigenvalue weighted by atomic mass is 15.1. The van der Waals surface area contributed by atoms with E-state index in [-0.39, 0.29) is 16.7 Å². The van der Waals surface area contributed by atoms with Gasteiger partial charge in [0, 0.05) is 50.9 Å². The molecule has 0 N–H and O–H groups in total. The van der Waals surface area contributed by atoms with Crippen LogP contribution in [0.3, 0.4) is 0 Å². The highest BCUT2D eigenvalue weighted by Crippen LogP contribution is 2.56. The van der Waals surface area contributed by atoms with Crippen molar-refractivity contribution in [1.82, 2.24) is 0 Å². The number of benzene rings is 13. The SMILES string of the molecule is CC1(C)c2ccccc2-c2ccc(N(c3ccccc3)c3ccc4c(-c5cc6ccccc6c6ccccc56)c5cc(N(c6ccccc6)c6ccc7c(c6)C(C)(C)c6ccccc6-7)ccc5c(C5=CC6=CC=CCC6c6ccccc65)c4c3)cc21. The van der Waals surface area contributed by atoms with E-state index in [2.05, 4.69) is 323 Å². The van der Waals surface area contributed by atoms with Gasteiger partial charge in [0.2, 0.25) is 0 Å². The van der Waals surface area contributed by atoms with E-state index >= 15 is 0 Å². The molecule has 1 atom stereocenters. The second kappa shape index (κ2) is 19.1. The number of rotatable bonds is 8. The van der Waals surface area contributed by atoms with Gasteiger partial charge in [-0.25, -0.2) is 0 Å². The Hall–Kier alpha value is -10.3. The molecule has 0 fully saturated rings. The van der Waals surface area contributed by atoms with Crippen LogP contribution in [0.2, 0.25) is 0 Å². The van der Waals surface area contributed by atoms with Crippen molar-refractivity contribution >= 4 is 82.8 Å². The lowest BCUT2D eigenvalue weighted by Crippen LogP contribution is -2.16. The average Bonchev–Trinajstić information content (AvgIpc) is 2.02. The lowest BCUT2D eigenvalue weighted by atomic mass is 9.73. The van der Waals surface area contributed by atoms with Crippen LogP contribution in [0.25, 0.3) is 82.0 Å². The molecule has 0 saturated heterocycles. The van der Waals surface area contributed by atoms with Gasteiger partial charge < -0.3 is 9.80 Å². The largest absolute Gasteiger partial charge is 0.310 e. The van der Waals surface area contributed by atoms with Gasteiger partial charge in [0.1, 0.15) is 0 Å². The minimum Gasteiger partial charge on any atom is -0.310 e. The van der Waals surface area contributed by atoms with Crippen LogP contribution in [0.5, 0.6) is 0 Å². The monoisotopic (exact) mass is 1100 g/mol. The molecule has 0 aliphatic heterocycles. The third kappa shape index (κ3) is 7.52. The van der Waals surface area contributed by atoms with Crippen molar-refractivity contribution < 1.29 is 0 Å². The van der Waals surface area contributed by atoms with Crippen LogP contribution in [0.4, 0.5) is 34.1 Å². The second-order valence-corrected chi connectivity index (χ2v) is 25.1. The molecule has 0 radical (unpaired) electrons. The van der Waals surface area contributed by atoms with E-state index in [0.717, 1.165) is 40.5 Å². The van der Waals surface area contributed by atoms with Crippen molar-refractivity contribution in [2.75, 3.05) is 9.80 Å². The van der Waals surface area contributed by atoms with E-state index in [1.54, 1.807) is 0 Å². The fourth-order valence-electron chi connectivity index (χ4n) is 15.6. The number of para-hydroxylation sites is 2. The predicted molar refractivity (Wildman–Crippen MR) is 364 cm³/mol. The Morgan fingerprint density at radius 2 is 0.791 bits per heavy atom. The van der Waals surface area contributed by atoms with E-state index in [9.17, 15) is 0 Å². The van der Waals surface area contributed by atoms with Crippen molar-refractivity contribution in [1.29, 1.82) is 0 Å². The molecule has 0 bridgehead atoms. The maximum atomic E-state index is 2.53. The van der Waals surface area contributed by atoms with Gasteiger partial charge in [0.05, 0.1) is 0 Å². The summed E-state index contributed by atoms with van der Waals surface area (Å²) < 4.78 is 0. The third-order valence-corrected chi connectivity index (χ3v) is 19.7. The van der Waals surface area contributed by atoms with Gasteiger partial charge in [-0.2, -0.15) is 0 Å². The Morgan fingerprint density at radius 3 is 1.41 bits per heavy atom. The summed E-state index contributed by atoms with van der Waals surface area (Å²) in [6.07, 6.45) is 10.5. The third-order valence-electron chi connectivity index (χ3n) is 19.7. The quantitative estimate of drug-likeness (QED) is 0.111. The minimum absolute atomic E-state index is 0.170. The molecule has 1 unspecified atom stereocenters. The summed E-state index contributed by atoms with van der Waals surface area (Å²) in [4.78, 5) is 4.98. The first kappa shape index (κ1) is 50.3. The first-order chi connectivity index (χ1) is 42.2. The number of fused-ring (bicyclic) bond motifs is 14. The van der Waals surface area contributed by atoms with Crippen molar-refractivity contribution in [3.63, 3.8) is 0 Å². The van der Waals surface area contributed by atoms with Crippen molar-refractivity contribution in [2.24, 2.45) is 0 Å². The molecule has 2 heteroatoms. The van der Waals surface area contributed by atoms with E-state index < -0.39 is 0 Å². The Labute approximate surface area is 503 Å². The molecule has 13 aromatic carbocycles. The summed E-state index contributed by atoms with van der Waals surface area (Å²) in [7, 11) is 0. The van der Waals surface area contributed by atoms with Crippen LogP contribution in [0.15, 0.2) is 291 Å². The zero-order valence-corrected chi connectivity index (χ0v) is 48.8. The van der Waals surface area contributed by atoms with Crippen LogP contribution in [0, 0.1) is 0 Å². The Morgan fingerprint density at radius 1 is 0.326 bits per heavy atom. The molecule has 0 amide bonds. The van der Waals surface area contributed by atoms with Gasteiger partial charge in [0.15, 0.2) is 0 Å². The van der Waals surface area contributed by atoms with E-state index in [1.165, 1.54) is 127 Å². The fraction of sp³-hybridized carbons (Fsp3) is 0.0952. The Bertz CT molecular complexity index is 5090. The lowest BCUT2D eigenvalue weighted by molar-refractivity contribution is 0.660. The Balaban J connectivity index is 0.989. The summed E-state index contributed by atoms with van der Waals surface area (Å²) >= 11 is 0. The molecule has 0 saturated carbocycles. The standard InChI is InChI=1S/C84H62N2/c1-83(2)77-37-21-19-35-67(77)69-43-39-59(51-79(69)83)85(55-25-7-5-8-26-55)57-41-45-71-75(49-57)81(73-47-53-23-11-13-29-61(53)63-31-15-17-33-65(63)73)72-46-42-58(50-76(72)82(71)74-48-54-24-12-14-30-62(54)64-32-16-18-34-66(64)74)86(56-27-9-6-10-28-56)60-40-44-70-68-36-20-22-38-78(68)84(3,4)80(70)52-60/h5-29,31-52,62H,30H2,1-4H3. The number of hydrogen-bond donors (Lipinski definition) is 0. The van der Waals surface area contributed by atoms with Gasteiger partial charge in [-0.15, -0.1) is 0 Å². The molecule has 0 aromatic heterocycles. The highest BCUT2D eigenvalue weighted by molar-refractivity contribution is 6.26. The molecule has 17 rings (SSSR count). The number of hydrogen-bond acceptors (Lipinski definition) is 2. The van der Waals surface area contributed by atoms with Gasteiger partial charge >= 0.3 is 0 Å². The van der Waals surface area contributed by atoms with Gasteiger partial charge in [0.25, 0.3) is 0 Å². The zero-order valence-electron chi connectivity index (χ0n) is 48.8. The van der Waals surface area contributed by atoms with Crippen molar-refractivity contribution in [2.45, 2.75) is 50.9 Å². The smallest absolute Gasteiger partial charge is 0.0468 e. The highest BCUT2D eigenvalue weighted by Gasteiger charge is 2.38. The van der Waals surface area contributed by atoms with Gasteiger partial charge in [-0.3, -0.25) is 0 Å². The van der Waals surface area contributed by atoms with Gasteiger partial charge in [-0.05, 0) is 218 Å². The van der Waals surface area contributed by atoms with Crippen LogP contribution >= 0.6 is 0 Å². The molecule has 0 heterocycles. The fourth-order valence-corrected chi connectivity index (χ4v) is 15.6. The van der Waals surface area contributed by atoms with Crippen molar-refractivity contribution in [3.8, 4) is 33.4 Å². The molecule has 0 spiro atoms. The lowest BCUT2D eigenvalue weighted by Gasteiger charge is -2.32. The maximum absolute atomic E-state index is 2.53. The molecule has 4 aliphatic carbocycles. The van der Waals surface area contributed by atoms with Crippen LogP contribution in [-0.2, 0) is 10.8 Å². The summed E-state index contributed by atoms with van der Waals surface area (Å²) in [5.41, 5.74) is 26.0. The molecule has 86 heavy (non-hydrogen) atoms. The molecule has 2 nitrogen and oxygen atoms in total. The summed E-state index contributed by atoms with van der Waals surface area (Å²) in [6.45, 7) is 9.53. The summed E-state index contributed by atoms with van der Waals surface area (Å²) in [5, 5.41) is 9.76. The number of anilines is 6. The van der Waals surface area contributed by atoms with E-state index in [4.69, 9.17) is 0 Å². The summed E-state index contributed by atoms with van der Waals surface area (Å²) in [6, 6.07) is 98.7. The molecule has 4 aliphatic rings. The van der Waals surface area contributed by atoms with Crippen LogP contribution < -0.4 is 9.80 Å². The topological polar surface area (TPSA) is 6.48 Å². The Kier molecular flexibility index (Phi) is 11.2. The molecule has 13 aromatic rings.